The molecular weight excluding hydrogens is 278 g/mol. The molecule has 3 aliphatic rings. The number of para-hydroxylation sites is 1. The highest BCUT2D eigenvalue weighted by atomic mass is 16.6. The fraction of sp³-hybridized carbons (Fsp3) is 0.235. The monoisotopic (exact) mass is 295 g/mol. The number of ether oxygens (including phenoxy) is 1. The van der Waals surface area contributed by atoms with Crippen molar-refractivity contribution < 1.29 is 9.53 Å². The van der Waals surface area contributed by atoms with E-state index in [0.29, 0.717) is 5.76 Å². The maximum Gasteiger partial charge on any atom is 0.416 e. The van der Waals surface area contributed by atoms with Crippen molar-refractivity contribution in [2.75, 3.05) is 11.9 Å². The van der Waals surface area contributed by atoms with Crippen LogP contribution in [0, 0.1) is 0 Å². The minimum Gasteiger partial charge on any atom is -0.413 e. The zero-order chi connectivity index (χ0) is 14.9. The Labute approximate surface area is 128 Å². The summed E-state index contributed by atoms with van der Waals surface area (Å²) in [5, 5.41) is 9.60. The molecule has 1 aliphatic carbocycles. The molecule has 22 heavy (non-hydrogen) atoms. The molecule has 0 bridgehead atoms. The van der Waals surface area contributed by atoms with Gasteiger partial charge in [-0.2, -0.15) is 0 Å². The first-order chi connectivity index (χ1) is 10.8. The van der Waals surface area contributed by atoms with Crippen molar-refractivity contribution in [1.29, 1.82) is 0 Å². The SMILES string of the molecule is O=C(Nc1ccccc1)OC1=CC=CC2=C3CCNC3NC12. The van der Waals surface area contributed by atoms with E-state index in [0.717, 1.165) is 18.7 Å². The van der Waals surface area contributed by atoms with Gasteiger partial charge < -0.3 is 4.74 Å². The van der Waals surface area contributed by atoms with Gasteiger partial charge >= 0.3 is 6.09 Å². The Morgan fingerprint density at radius 3 is 3.00 bits per heavy atom. The average molecular weight is 295 g/mol. The van der Waals surface area contributed by atoms with Gasteiger partial charge in [-0.3, -0.25) is 16.0 Å². The van der Waals surface area contributed by atoms with Crippen LogP contribution >= 0.6 is 0 Å². The summed E-state index contributed by atoms with van der Waals surface area (Å²) < 4.78 is 5.51. The Hall–Kier alpha value is -2.37. The van der Waals surface area contributed by atoms with Crippen molar-refractivity contribution in [2.45, 2.75) is 18.6 Å². The number of carbonyl (C=O) groups excluding carboxylic acids is 1. The van der Waals surface area contributed by atoms with Crippen LogP contribution < -0.4 is 16.0 Å². The summed E-state index contributed by atoms with van der Waals surface area (Å²) in [6.07, 6.45) is 6.65. The molecule has 0 radical (unpaired) electrons. The van der Waals surface area contributed by atoms with Crippen molar-refractivity contribution in [3.05, 3.63) is 65.5 Å². The Bertz CT molecular complexity index is 691. The van der Waals surface area contributed by atoms with E-state index in [1.54, 1.807) is 0 Å². The Morgan fingerprint density at radius 1 is 1.27 bits per heavy atom. The van der Waals surface area contributed by atoms with E-state index in [2.05, 4.69) is 22.0 Å². The molecule has 2 heterocycles. The molecule has 1 saturated heterocycles. The van der Waals surface area contributed by atoms with Crippen LogP contribution in [0.1, 0.15) is 6.42 Å². The fourth-order valence-electron chi connectivity index (χ4n) is 3.18. The van der Waals surface area contributed by atoms with Crippen LogP contribution in [-0.4, -0.2) is 24.8 Å². The van der Waals surface area contributed by atoms with Gasteiger partial charge in [-0.05, 0) is 35.8 Å². The Morgan fingerprint density at radius 2 is 2.14 bits per heavy atom. The summed E-state index contributed by atoms with van der Waals surface area (Å²) >= 11 is 0. The number of allylic oxidation sites excluding steroid dienone is 2. The highest BCUT2D eigenvalue weighted by Crippen LogP contribution is 2.33. The minimum atomic E-state index is -0.469. The lowest BCUT2D eigenvalue weighted by Crippen LogP contribution is -2.41. The number of carbonyl (C=O) groups is 1. The highest BCUT2D eigenvalue weighted by Gasteiger charge is 2.38. The molecule has 1 fully saturated rings. The summed E-state index contributed by atoms with van der Waals surface area (Å²) in [5.74, 6) is 0.634. The molecule has 2 aliphatic heterocycles. The molecule has 1 amide bonds. The Balaban J connectivity index is 1.47. The van der Waals surface area contributed by atoms with E-state index in [-0.39, 0.29) is 12.2 Å². The molecule has 0 saturated carbocycles. The minimum absolute atomic E-state index is 0.0423. The predicted molar refractivity (Wildman–Crippen MR) is 84.1 cm³/mol. The third-order valence-corrected chi connectivity index (χ3v) is 4.16. The molecule has 0 spiro atoms. The van der Waals surface area contributed by atoms with Gasteiger partial charge in [0.05, 0.1) is 12.2 Å². The molecular formula is C17H17N3O2. The lowest BCUT2D eigenvalue weighted by Gasteiger charge is -2.21. The topological polar surface area (TPSA) is 62.4 Å². The highest BCUT2D eigenvalue weighted by molar-refractivity contribution is 5.85. The normalized spacial score (nSPS) is 25.5. The van der Waals surface area contributed by atoms with Crippen LogP contribution in [-0.2, 0) is 4.74 Å². The van der Waals surface area contributed by atoms with Gasteiger partial charge in [-0.1, -0.05) is 30.4 Å². The van der Waals surface area contributed by atoms with E-state index >= 15 is 0 Å². The van der Waals surface area contributed by atoms with Crippen LogP contribution in [0.4, 0.5) is 10.5 Å². The van der Waals surface area contributed by atoms with Crippen molar-refractivity contribution in [3.8, 4) is 0 Å². The van der Waals surface area contributed by atoms with E-state index in [1.165, 1.54) is 11.1 Å². The largest absolute Gasteiger partial charge is 0.416 e. The number of benzene rings is 1. The lowest BCUT2D eigenvalue weighted by atomic mass is 9.98. The van der Waals surface area contributed by atoms with E-state index in [4.69, 9.17) is 4.74 Å². The standard InChI is InChI=1S/C17H17N3O2/c21-17(19-11-5-2-1-3-6-11)22-14-8-4-7-12-13-9-10-18-16(13)20-15(12)14/h1-8,15-16,18,20H,9-10H2,(H,19,21). The molecule has 3 N–H and O–H groups in total. The smallest absolute Gasteiger partial charge is 0.413 e. The quantitative estimate of drug-likeness (QED) is 0.783. The van der Waals surface area contributed by atoms with Gasteiger partial charge in [-0.25, -0.2) is 4.79 Å². The van der Waals surface area contributed by atoms with Gasteiger partial charge in [0.2, 0.25) is 0 Å². The summed E-state index contributed by atoms with van der Waals surface area (Å²) in [6.45, 7) is 0.992. The molecule has 4 rings (SSSR count). The van der Waals surface area contributed by atoms with Gasteiger partial charge in [-0.15, -0.1) is 0 Å². The Kier molecular flexibility index (Phi) is 3.29. The molecule has 2 unspecified atom stereocenters. The first-order valence-corrected chi connectivity index (χ1v) is 7.46. The second-order valence-corrected chi connectivity index (χ2v) is 5.53. The van der Waals surface area contributed by atoms with Crippen LogP contribution in [0.5, 0.6) is 0 Å². The molecule has 5 heteroatoms. The van der Waals surface area contributed by atoms with E-state index < -0.39 is 6.09 Å². The maximum atomic E-state index is 12.1. The van der Waals surface area contributed by atoms with Crippen molar-refractivity contribution in [2.24, 2.45) is 0 Å². The van der Waals surface area contributed by atoms with Crippen LogP contribution in [0.2, 0.25) is 0 Å². The van der Waals surface area contributed by atoms with Gasteiger partial charge in [0.25, 0.3) is 0 Å². The average Bonchev–Trinajstić information content (AvgIpc) is 3.10. The summed E-state index contributed by atoms with van der Waals surface area (Å²) in [6, 6.07) is 9.24. The fourth-order valence-corrected chi connectivity index (χ4v) is 3.18. The number of nitrogens with one attached hydrogen (secondary N) is 3. The zero-order valence-electron chi connectivity index (χ0n) is 12.0. The third kappa shape index (κ3) is 2.34. The first kappa shape index (κ1) is 13.3. The lowest BCUT2D eigenvalue weighted by molar-refractivity contribution is 0.185. The number of anilines is 1. The number of hydrogen-bond acceptors (Lipinski definition) is 4. The first-order valence-electron chi connectivity index (χ1n) is 7.46. The third-order valence-electron chi connectivity index (χ3n) is 4.16. The second kappa shape index (κ2) is 5.44. The summed E-state index contributed by atoms with van der Waals surface area (Å²) in [5.41, 5.74) is 3.31. The predicted octanol–water partition coefficient (Wildman–Crippen LogP) is 2.28. The van der Waals surface area contributed by atoms with Gasteiger partial charge in [0.15, 0.2) is 0 Å². The summed E-state index contributed by atoms with van der Waals surface area (Å²) in [7, 11) is 0. The number of rotatable bonds is 2. The number of amides is 1. The molecule has 1 aromatic carbocycles. The molecule has 0 aromatic heterocycles. The van der Waals surface area contributed by atoms with Crippen LogP contribution in [0.25, 0.3) is 0 Å². The van der Waals surface area contributed by atoms with E-state index in [1.807, 2.05) is 42.5 Å². The van der Waals surface area contributed by atoms with E-state index in [9.17, 15) is 4.79 Å². The van der Waals surface area contributed by atoms with Crippen LogP contribution in [0.3, 0.4) is 0 Å². The maximum absolute atomic E-state index is 12.1. The molecule has 1 aromatic rings. The van der Waals surface area contributed by atoms with Crippen LogP contribution in [0.15, 0.2) is 65.5 Å². The second-order valence-electron chi connectivity index (χ2n) is 5.53. The van der Waals surface area contributed by atoms with Gasteiger partial charge in [0.1, 0.15) is 5.76 Å². The molecule has 2 atom stereocenters. The molecule has 112 valence electrons. The zero-order valence-corrected chi connectivity index (χ0v) is 12.0. The van der Waals surface area contributed by atoms with Crippen molar-refractivity contribution >= 4 is 11.8 Å². The van der Waals surface area contributed by atoms with Crippen molar-refractivity contribution in [3.63, 3.8) is 0 Å². The van der Waals surface area contributed by atoms with Gasteiger partial charge in [0, 0.05) is 12.2 Å². The van der Waals surface area contributed by atoms with Crippen molar-refractivity contribution in [1.82, 2.24) is 10.6 Å². The molecule has 5 nitrogen and oxygen atoms in total. The summed E-state index contributed by atoms with van der Waals surface area (Å²) in [4.78, 5) is 12.1. The number of hydrogen-bond donors (Lipinski definition) is 3. The number of fused-ring (bicyclic) bond motifs is 2.